The number of benzene rings is 1. The Kier molecular flexibility index (Phi) is 4.81. The molecule has 1 aromatic heterocycles. The van der Waals surface area contributed by atoms with Crippen LogP contribution in [0.25, 0.3) is 11.1 Å². The molecular weight excluding hydrogens is 359 g/mol. The van der Waals surface area contributed by atoms with Crippen molar-refractivity contribution in [1.82, 2.24) is 9.88 Å². The van der Waals surface area contributed by atoms with E-state index in [1.165, 1.54) is 7.05 Å². The summed E-state index contributed by atoms with van der Waals surface area (Å²) in [5, 5.41) is 0.535. The molecule has 1 aromatic carbocycles. The molecule has 1 aliphatic rings. The van der Waals surface area contributed by atoms with Crippen LogP contribution >= 0.6 is 11.6 Å². The number of amides is 1. The van der Waals surface area contributed by atoms with Gasteiger partial charge >= 0.3 is 6.18 Å². The smallest absolute Gasteiger partial charge is 0.406 e. The molecule has 2 aromatic rings. The number of fused-ring (bicyclic) bond motifs is 1. The van der Waals surface area contributed by atoms with E-state index in [-0.39, 0.29) is 6.54 Å². The lowest BCUT2D eigenvalue weighted by Gasteiger charge is -2.33. The number of aromatic nitrogens is 1. The largest absolute Gasteiger partial charge is 0.423 e. The first-order chi connectivity index (χ1) is 11.7. The molecule has 0 aliphatic carbocycles. The van der Waals surface area contributed by atoms with E-state index in [1.807, 2.05) is 0 Å². The van der Waals surface area contributed by atoms with Crippen molar-refractivity contribution in [3.05, 3.63) is 23.2 Å². The fourth-order valence-electron chi connectivity index (χ4n) is 3.03. The van der Waals surface area contributed by atoms with Crippen LogP contribution in [0.15, 0.2) is 22.6 Å². The van der Waals surface area contributed by atoms with Crippen molar-refractivity contribution in [3.63, 3.8) is 0 Å². The van der Waals surface area contributed by atoms with Gasteiger partial charge in [-0.1, -0.05) is 11.6 Å². The van der Waals surface area contributed by atoms with Gasteiger partial charge in [0.15, 0.2) is 5.58 Å². The van der Waals surface area contributed by atoms with Crippen molar-refractivity contribution < 1.29 is 22.4 Å². The molecule has 2 heterocycles. The minimum atomic E-state index is -4.40. The van der Waals surface area contributed by atoms with Crippen LogP contribution in [0.2, 0.25) is 5.02 Å². The van der Waals surface area contributed by atoms with Crippen LogP contribution < -0.4 is 4.90 Å². The number of alkyl halides is 3. The molecule has 0 spiro atoms. The molecule has 1 fully saturated rings. The Bertz CT molecular complexity index is 778. The van der Waals surface area contributed by atoms with Crippen molar-refractivity contribution in [3.8, 4) is 0 Å². The van der Waals surface area contributed by atoms with Gasteiger partial charge in [-0.15, -0.1) is 0 Å². The zero-order chi connectivity index (χ0) is 18.2. The van der Waals surface area contributed by atoms with E-state index in [0.717, 1.165) is 4.90 Å². The summed E-state index contributed by atoms with van der Waals surface area (Å²) in [4.78, 5) is 19.2. The Morgan fingerprint density at radius 2 is 2.24 bits per heavy atom. The fourth-order valence-corrected chi connectivity index (χ4v) is 3.20. The predicted octanol–water partition coefficient (Wildman–Crippen LogP) is 3.72. The monoisotopic (exact) mass is 375 g/mol. The summed E-state index contributed by atoms with van der Waals surface area (Å²) in [5.74, 6) is -1.03. The molecule has 1 unspecified atom stereocenters. The van der Waals surface area contributed by atoms with Gasteiger partial charge in [-0.25, -0.2) is 0 Å². The van der Waals surface area contributed by atoms with Crippen molar-refractivity contribution in [2.75, 3.05) is 31.6 Å². The van der Waals surface area contributed by atoms with Crippen LogP contribution in [-0.4, -0.2) is 48.6 Å². The lowest BCUT2D eigenvalue weighted by molar-refractivity contribution is -0.161. The number of halogens is 4. The maximum atomic E-state index is 12.5. The Hall–Kier alpha value is -1.96. The van der Waals surface area contributed by atoms with Gasteiger partial charge in [-0.05, 0) is 31.0 Å². The summed E-state index contributed by atoms with van der Waals surface area (Å²) in [5.41, 5.74) is 1.17. The quantitative estimate of drug-likeness (QED) is 0.820. The second-order valence-electron chi connectivity index (χ2n) is 6.20. The first-order valence-electron chi connectivity index (χ1n) is 7.86. The molecule has 9 heteroatoms. The summed E-state index contributed by atoms with van der Waals surface area (Å²) in [6.07, 6.45) is -3.18. The molecule has 0 N–H and O–H groups in total. The number of piperidine rings is 1. The Morgan fingerprint density at radius 3 is 2.96 bits per heavy atom. The third-order valence-corrected chi connectivity index (χ3v) is 4.41. The average molecular weight is 376 g/mol. The molecule has 3 rings (SSSR count). The predicted molar refractivity (Wildman–Crippen MR) is 87.6 cm³/mol. The number of hydrogen-bond donors (Lipinski definition) is 0. The summed E-state index contributed by atoms with van der Waals surface area (Å²) in [6, 6.07) is 5.42. The van der Waals surface area contributed by atoms with Gasteiger partial charge in [0, 0.05) is 25.2 Å². The molecule has 1 aliphatic heterocycles. The SMILES string of the molecule is CN(CC(F)(F)F)C(=O)C1CCCN(c2nc3cc(Cl)ccc3o2)C1. The molecule has 5 nitrogen and oxygen atoms in total. The Morgan fingerprint density at radius 1 is 1.48 bits per heavy atom. The van der Waals surface area contributed by atoms with Crippen LogP contribution in [0, 0.1) is 5.92 Å². The number of carbonyl (C=O) groups is 1. The topological polar surface area (TPSA) is 49.6 Å². The van der Waals surface area contributed by atoms with Gasteiger partial charge in [0.25, 0.3) is 6.01 Å². The van der Waals surface area contributed by atoms with Gasteiger partial charge in [0.2, 0.25) is 5.91 Å². The normalized spacial score (nSPS) is 18.6. The van der Waals surface area contributed by atoms with Crippen molar-refractivity contribution >= 4 is 34.6 Å². The van der Waals surface area contributed by atoms with Gasteiger partial charge in [0.05, 0.1) is 5.92 Å². The van der Waals surface area contributed by atoms with Crippen LogP contribution in [0.3, 0.4) is 0 Å². The third-order valence-electron chi connectivity index (χ3n) is 4.17. The highest BCUT2D eigenvalue weighted by Gasteiger charge is 2.35. The number of carbonyl (C=O) groups excluding carboxylic acids is 1. The first-order valence-corrected chi connectivity index (χ1v) is 8.23. The zero-order valence-electron chi connectivity index (χ0n) is 13.5. The third kappa shape index (κ3) is 4.18. The summed E-state index contributed by atoms with van der Waals surface area (Å²) < 4.78 is 43.1. The van der Waals surface area contributed by atoms with E-state index in [9.17, 15) is 18.0 Å². The van der Waals surface area contributed by atoms with Gasteiger partial charge < -0.3 is 14.2 Å². The highest BCUT2D eigenvalue weighted by Crippen LogP contribution is 2.28. The number of oxazole rings is 1. The standard InChI is InChI=1S/C16H17ClF3N3O2/c1-22(9-16(18,19)20)14(24)10-3-2-6-23(8-10)15-21-12-7-11(17)4-5-13(12)25-15/h4-5,7,10H,2-3,6,8-9H2,1H3. The molecule has 1 saturated heterocycles. The second kappa shape index (κ2) is 6.74. The van der Waals surface area contributed by atoms with E-state index >= 15 is 0 Å². The fraction of sp³-hybridized carbons (Fsp3) is 0.500. The number of hydrogen-bond acceptors (Lipinski definition) is 4. The molecule has 0 saturated carbocycles. The van der Waals surface area contributed by atoms with Crippen LogP contribution in [0.1, 0.15) is 12.8 Å². The Balaban J connectivity index is 1.72. The van der Waals surface area contributed by atoms with Gasteiger partial charge in [-0.3, -0.25) is 4.79 Å². The van der Waals surface area contributed by atoms with E-state index in [2.05, 4.69) is 4.98 Å². The maximum Gasteiger partial charge on any atom is 0.406 e. The van der Waals surface area contributed by atoms with Crippen molar-refractivity contribution in [2.45, 2.75) is 19.0 Å². The van der Waals surface area contributed by atoms with Crippen LogP contribution in [0.5, 0.6) is 0 Å². The maximum absolute atomic E-state index is 12.5. The lowest BCUT2D eigenvalue weighted by atomic mass is 9.97. The highest BCUT2D eigenvalue weighted by molar-refractivity contribution is 6.31. The van der Waals surface area contributed by atoms with E-state index in [1.54, 1.807) is 23.1 Å². The molecule has 1 amide bonds. The van der Waals surface area contributed by atoms with Crippen LogP contribution in [0.4, 0.5) is 19.2 Å². The zero-order valence-corrected chi connectivity index (χ0v) is 14.3. The molecular formula is C16H17ClF3N3O2. The highest BCUT2D eigenvalue weighted by atomic mass is 35.5. The first kappa shape index (κ1) is 17.8. The average Bonchev–Trinajstić information content (AvgIpc) is 2.95. The lowest BCUT2D eigenvalue weighted by Crippen LogP contribution is -2.46. The van der Waals surface area contributed by atoms with E-state index < -0.39 is 24.5 Å². The van der Waals surface area contributed by atoms with Gasteiger partial charge in [0.1, 0.15) is 12.1 Å². The summed E-state index contributed by atoms with van der Waals surface area (Å²) in [7, 11) is 1.18. The van der Waals surface area contributed by atoms with Gasteiger partial charge in [-0.2, -0.15) is 18.2 Å². The minimum Gasteiger partial charge on any atom is -0.423 e. The molecule has 1 atom stereocenters. The minimum absolute atomic E-state index is 0.279. The van der Waals surface area contributed by atoms with E-state index in [4.69, 9.17) is 16.0 Å². The number of anilines is 1. The van der Waals surface area contributed by atoms with E-state index in [0.29, 0.717) is 41.5 Å². The number of rotatable bonds is 3. The molecule has 0 bridgehead atoms. The van der Waals surface area contributed by atoms with Crippen molar-refractivity contribution in [2.24, 2.45) is 5.92 Å². The summed E-state index contributed by atoms with van der Waals surface area (Å²) >= 11 is 5.93. The Labute approximate surface area is 147 Å². The number of nitrogens with zero attached hydrogens (tertiary/aromatic N) is 3. The summed E-state index contributed by atoms with van der Waals surface area (Å²) in [6.45, 7) is -0.335. The molecule has 136 valence electrons. The van der Waals surface area contributed by atoms with Crippen LogP contribution in [-0.2, 0) is 4.79 Å². The second-order valence-corrected chi connectivity index (χ2v) is 6.64. The molecule has 0 radical (unpaired) electrons. The molecule has 25 heavy (non-hydrogen) atoms. The van der Waals surface area contributed by atoms with Crippen molar-refractivity contribution in [1.29, 1.82) is 0 Å².